The van der Waals surface area contributed by atoms with Crippen LogP contribution in [-0.4, -0.2) is 67.1 Å². The van der Waals surface area contributed by atoms with Gasteiger partial charge in [0.25, 0.3) is 0 Å². The van der Waals surface area contributed by atoms with E-state index in [1.54, 1.807) is 0 Å². The molecule has 0 amide bonds. The topological polar surface area (TPSA) is 206 Å². The van der Waals surface area contributed by atoms with E-state index in [-0.39, 0.29) is 29.6 Å². The molecule has 0 radical (unpaired) electrons. The molecular weight excluding hydrogens is 349 g/mol. The number of aliphatic hydroxyl groups is 2. The second-order valence-corrected chi connectivity index (χ2v) is 6.32. The van der Waals surface area contributed by atoms with Gasteiger partial charge in [0.1, 0.15) is 18.3 Å². The molecule has 0 aromatic heterocycles. The first kappa shape index (κ1) is 22.1. The van der Waals surface area contributed by atoms with Gasteiger partial charge in [0.15, 0.2) is 5.79 Å². The van der Waals surface area contributed by atoms with E-state index in [9.17, 15) is 24.4 Å². The average molecular weight is 362 g/mol. The minimum absolute atomic E-state index is 0. The SMILES string of the molecule is O=P(O)(O)OC[C@H]1O[C@@](C[O-])(OP(=O)(O)O)[C@@H](O)[C@@H]1O.[Na+]. The molecule has 0 bridgehead atoms. The van der Waals surface area contributed by atoms with Gasteiger partial charge in [0, 0.05) is 0 Å². The molecule has 0 spiro atoms. The standard InChI is InChI=1S/C6H13O12P2.Na/c7-2-6(18-20(13,14)15)5(9)4(8)3(17-6)1-16-19(10,11)12;/h3-5,8-9H,1-2H2,(H2,10,11,12)(H2,13,14,15);/q-1;+1/t3-,4-,5+,6+;/m1./s1. The smallest absolute Gasteiger partial charge is 0.851 e. The van der Waals surface area contributed by atoms with Crippen LogP contribution in [0.1, 0.15) is 0 Å². The zero-order valence-electron chi connectivity index (χ0n) is 10.7. The van der Waals surface area contributed by atoms with Crippen molar-refractivity contribution in [2.24, 2.45) is 0 Å². The molecule has 6 N–H and O–H groups in total. The summed E-state index contributed by atoms with van der Waals surface area (Å²) in [4.78, 5) is 34.2. The van der Waals surface area contributed by atoms with Crippen molar-refractivity contribution in [2.45, 2.75) is 24.1 Å². The van der Waals surface area contributed by atoms with Gasteiger partial charge in [-0.3, -0.25) is 9.05 Å². The number of phosphoric ester groups is 2. The maximum atomic E-state index is 11.0. The summed E-state index contributed by atoms with van der Waals surface area (Å²) in [6.07, 6.45) is -5.67. The number of ether oxygens (including phenoxy) is 1. The monoisotopic (exact) mass is 362 g/mol. The van der Waals surface area contributed by atoms with Crippen LogP contribution in [0, 0.1) is 0 Å². The minimum Gasteiger partial charge on any atom is -0.851 e. The van der Waals surface area contributed by atoms with E-state index in [1.165, 1.54) is 0 Å². The van der Waals surface area contributed by atoms with Crippen molar-refractivity contribution >= 4 is 15.6 Å². The Morgan fingerprint density at radius 2 is 1.67 bits per heavy atom. The molecule has 1 rings (SSSR count). The van der Waals surface area contributed by atoms with Crippen molar-refractivity contribution in [2.75, 3.05) is 13.2 Å². The molecule has 21 heavy (non-hydrogen) atoms. The van der Waals surface area contributed by atoms with Crippen LogP contribution in [0.5, 0.6) is 0 Å². The molecule has 4 atom stereocenters. The van der Waals surface area contributed by atoms with Gasteiger partial charge < -0.3 is 39.6 Å². The van der Waals surface area contributed by atoms with Gasteiger partial charge in [-0.2, -0.15) is 0 Å². The molecule has 0 unspecified atom stereocenters. The van der Waals surface area contributed by atoms with Crippen molar-refractivity contribution in [1.82, 2.24) is 0 Å². The number of aliphatic hydroxyl groups excluding tert-OH is 2. The second kappa shape index (κ2) is 7.75. The van der Waals surface area contributed by atoms with Crippen LogP contribution in [0.2, 0.25) is 0 Å². The zero-order valence-corrected chi connectivity index (χ0v) is 14.5. The van der Waals surface area contributed by atoms with Crippen molar-refractivity contribution in [3.05, 3.63) is 0 Å². The summed E-state index contributed by atoms with van der Waals surface area (Å²) in [6.45, 7) is -2.42. The first-order valence-corrected chi connectivity index (χ1v) is 8.05. The van der Waals surface area contributed by atoms with E-state index in [0.29, 0.717) is 0 Å². The van der Waals surface area contributed by atoms with Gasteiger partial charge in [-0.1, -0.05) is 6.61 Å². The van der Waals surface area contributed by atoms with Crippen molar-refractivity contribution in [3.63, 3.8) is 0 Å². The van der Waals surface area contributed by atoms with Crippen LogP contribution >= 0.6 is 15.6 Å². The Morgan fingerprint density at radius 1 is 1.14 bits per heavy atom. The summed E-state index contributed by atoms with van der Waals surface area (Å²) in [5.74, 6) is -2.75. The van der Waals surface area contributed by atoms with Crippen LogP contribution in [0.25, 0.3) is 0 Å². The summed E-state index contributed by atoms with van der Waals surface area (Å²) in [7, 11) is -10.1. The minimum atomic E-state index is -5.23. The van der Waals surface area contributed by atoms with Gasteiger partial charge in [-0.05, 0) is 0 Å². The quantitative estimate of drug-likeness (QED) is 0.193. The maximum Gasteiger partial charge on any atom is 1.00 e. The molecule has 1 fully saturated rings. The Bertz CT molecular complexity index is 433. The fourth-order valence-electron chi connectivity index (χ4n) is 1.58. The molecule has 1 aliphatic rings. The number of hydrogen-bond donors (Lipinski definition) is 6. The number of hydrogen-bond acceptors (Lipinski definition) is 8. The predicted octanol–water partition coefficient (Wildman–Crippen LogP) is -6.61. The van der Waals surface area contributed by atoms with Crippen LogP contribution in [0.3, 0.4) is 0 Å². The number of phosphoric acid groups is 2. The van der Waals surface area contributed by atoms with E-state index >= 15 is 0 Å². The van der Waals surface area contributed by atoms with Crippen LogP contribution in [0.15, 0.2) is 0 Å². The molecule has 0 aromatic carbocycles. The first-order chi connectivity index (χ1) is 8.90. The second-order valence-electron chi connectivity index (χ2n) is 3.92. The molecule has 0 aromatic rings. The molecule has 12 nitrogen and oxygen atoms in total. The molecule has 120 valence electrons. The normalized spacial score (nSPS) is 33.8. The summed E-state index contributed by atoms with van der Waals surface area (Å²) in [5, 5.41) is 30.1. The molecule has 0 aliphatic carbocycles. The third-order valence-electron chi connectivity index (χ3n) is 2.39. The Kier molecular flexibility index (Phi) is 8.15. The molecular formula is C6H13NaO12P2. The van der Waals surface area contributed by atoms with Gasteiger partial charge in [-0.25, -0.2) is 9.13 Å². The Morgan fingerprint density at radius 3 is 2.05 bits per heavy atom. The van der Waals surface area contributed by atoms with E-state index < -0.39 is 53.0 Å². The average Bonchev–Trinajstić information content (AvgIpc) is 2.49. The van der Waals surface area contributed by atoms with Gasteiger partial charge in [0.2, 0.25) is 0 Å². The van der Waals surface area contributed by atoms with Gasteiger partial charge >= 0.3 is 45.2 Å². The molecule has 1 heterocycles. The van der Waals surface area contributed by atoms with Crippen molar-refractivity contribution in [3.8, 4) is 0 Å². The fraction of sp³-hybridized carbons (Fsp3) is 1.00. The third-order valence-corrected chi connectivity index (χ3v) is 3.42. The molecule has 1 saturated heterocycles. The van der Waals surface area contributed by atoms with Gasteiger partial charge in [-0.15, -0.1) is 0 Å². The third kappa shape index (κ3) is 6.22. The largest absolute Gasteiger partial charge is 1.00 e. The van der Waals surface area contributed by atoms with E-state index in [4.69, 9.17) is 24.3 Å². The summed E-state index contributed by atoms with van der Waals surface area (Å²) in [5.41, 5.74) is 0. The summed E-state index contributed by atoms with van der Waals surface area (Å²) in [6, 6.07) is 0. The predicted molar refractivity (Wildman–Crippen MR) is 55.6 cm³/mol. The fourth-order valence-corrected chi connectivity index (χ4v) is 2.53. The zero-order chi connectivity index (χ0) is 15.8. The van der Waals surface area contributed by atoms with Crippen LogP contribution < -0.4 is 34.7 Å². The van der Waals surface area contributed by atoms with Gasteiger partial charge in [0.05, 0.1) is 6.61 Å². The number of rotatable bonds is 6. The molecule has 1 aliphatic heterocycles. The van der Waals surface area contributed by atoms with E-state index in [2.05, 4.69) is 9.05 Å². The first-order valence-electron chi connectivity index (χ1n) is 4.99. The Hall–Kier alpha value is 1.06. The summed E-state index contributed by atoms with van der Waals surface area (Å²) < 4.78 is 34.0. The molecule has 15 heteroatoms. The maximum absolute atomic E-state index is 11.0. The van der Waals surface area contributed by atoms with E-state index in [0.717, 1.165) is 0 Å². The van der Waals surface area contributed by atoms with E-state index in [1.807, 2.05) is 0 Å². The van der Waals surface area contributed by atoms with Crippen molar-refractivity contribution < 1.29 is 87.4 Å². The van der Waals surface area contributed by atoms with Crippen molar-refractivity contribution in [1.29, 1.82) is 0 Å². The van der Waals surface area contributed by atoms with Crippen LogP contribution in [0.4, 0.5) is 0 Å². The molecule has 0 saturated carbocycles. The van der Waals surface area contributed by atoms with Crippen LogP contribution in [-0.2, 0) is 22.9 Å². The Balaban J connectivity index is 0.00000400. The Labute approximate surface area is 140 Å². The summed E-state index contributed by atoms with van der Waals surface area (Å²) >= 11 is 0.